The van der Waals surface area contributed by atoms with Crippen molar-refractivity contribution in [2.45, 2.75) is 26.4 Å². The number of nitrogens with zero attached hydrogens (tertiary/aromatic N) is 1. The smallest absolute Gasteiger partial charge is 0.234 e. The van der Waals surface area contributed by atoms with Gasteiger partial charge in [-0.05, 0) is 31.0 Å². The molecule has 0 aliphatic carbocycles. The van der Waals surface area contributed by atoms with Crippen molar-refractivity contribution >= 4 is 18.3 Å². The van der Waals surface area contributed by atoms with Gasteiger partial charge in [0.15, 0.2) is 0 Å². The van der Waals surface area contributed by atoms with Crippen LogP contribution in [0.25, 0.3) is 0 Å². The van der Waals surface area contributed by atoms with Crippen molar-refractivity contribution in [3.63, 3.8) is 0 Å². The van der Waals surface area contributed by atoms with E-state index in [9.17, 15) is 9.18 Å². The van der Waals surface area contributed by atoms with Gasteiger partial charge in [0.05, 0.1) is 6.54 Å². The minimum Gasteiger partial charge on any atom is -0.351 e. The van der Waals surface area contributed by atoms with Crippen LogP contribution in [0.2, 0.25) is 0 Å². The summed E-state index contributed by atoms with van der Waals surface area (Å²) in [5.41, 5.74) is 1.41. The van der Waals surface area contributed by atoms with Gasteiger partial charge in [0.2, 0.25) is 5.91 Å². The summed E-state index contributed by atoms with van der Waals surface area (Å²) < 4.78 is 13.4. The number of amides is 1. The average molecular weight is 316 g/mol. The third-order valence-electron chi connectivity index (χ3n) is 3.55. The molecule has 1 aliphatic rings. The fourth-order valence-electron chi connectivity index (χ4n) is 2.36. The summed E-state index contributed by atoms with van der Waals surface area (Å²) in [5.74, 6) is -0.243. The second-order valence-electron chi connectivity index (χ2n) is 5.45. The van der Waals surface area contributed by atoms with Crippen molar-refractivity contribution in [1.29, 1.82) is 0 Å². The van der Waals surface area contributed by atoms with Gasteiger partial charge in [0, 0.05) is 32.2 Å². The van der Waals surface area contributed by atoms with Crippen LogP contribution in [0.5, 0.6) is 0 Å². The molecule has 1 atom stereocenters. The molecule has 1 saturated heterocycles. The second-order valence-corrected chi connectivity index (χ2v) is 5.45. The molecule has 1 aliphatic heterocycles. The fraction of sp³-hybridized carbons (Fsp3) is 0.533. The Balaban J connectivity index is 0.00000220. The first-order chi connectivity index (χ1) is 9.54. The Morgan fingerprint density at radius 2 is 2.29 bits per heavy atom. The normalized spacial score (nSPS) is 18.9. The Hall–Kier alpha value is -1.17. The van der Waals surface area contributed by atoms with Crippen molar-refractivity contribution in [2.75, 3.05) is 26.2 Å². The van der Waals surface area contributed by atoms with Gasteiger partial charge in [0.1, 0.15) is 5.82 Å². The van der Waals surface area contributed by atoms with Gasteiger partial charge in [-0.3, -0.25) is 9.69 Å². The van der Waals surface area contributed by atoms with Gasteiger partial charge in [-0.1, -0.05) is 12.1 Å². The average Bonchev–Trinajstić information content (AvgIpc) is 2.40. The molecule has 1 fully saturated rings. The summed E-state index contributed by atoms with van der Waals surface area (Å²) in [6, 6.07) is 5.46. The molecule has 0 radical (unpaired) electrons. The Kier molecular flexibility index (Phi) is 7.08. The molecule has 21 heavy (non-hydrogen) atoms. The molecule has 6 heteroatoms. The maximum atomic E-state index is 13.4. The predicted molar refractivity (Wildman–Crippen MR) is 84.1 cm³/mol. The van der Waals surface area contributed by atoms with Crippen LogP contribution in [0, 0.1) is 12.7 Å². The molecule has 1 aromatic rings. The predicted octanol–water partition coefficient (Wildman–Crippen LogP) is 1.47. The lowest BCUT2D eigenvalue weighted by atomic mass is 10.1. The first-order valence-electron chi connectivity index (χ1n) is 7.02. The zero-order chi connectivity index (χ0) is 14.5. The first kappa shape index (κ1) is 17.9. The lowest BCUT2D eigenvalue weighted by Gasteiger charge is -2.31. The number of hydrogen-bond acceptors (Lipinski definition) is 3. The first-order valence-corrected chi connectivity index (χ1v) is 7.02. The monoisotopic (exact) mass is 315 g/mol. The highest BCUT2D eigenvalue weighted by molar-refractivity contribution is 5.85. The lowest BCUT2D eigenvalue weighted by Crippen LogP contribution is -2.51. The number of benzene rings is 1. The van der Waals surface area contributed by atoms with Crippen molar-refractivity contribution in [3.8, 4) is 0 Å². The van der Waals surface area contributed by atoms with Crippen LogP contribution < -0.4 is 10.6 Å². The zero-order valence-corrected chi connectivity index (χ0v) is 13.3. The summed E-state index contributed by atoms with van der Waals surface area (Å²) in [6.45, 7) is 7.29. The molecule has 4 nitrogen and oxygen atoms in total. The number of aryl methyl sites for hydroxylation is 1. The van der Waals surface area contributed by atoms with Gasteiger partial charge in [-0.15, -0.1) is 12.4 Å². The largest absolute Gasteiger partial charge is 0.351 e. The number of nitrogens with one attached hydrogen (secondary N) is 2. The summed E-state index contributed by atoms with van der Waals surface area (Å²) in [7, 11) is 0. The topological polar surface area (TPSA) is 44.4 Å². The van der Waals surface area contributed by atoms with Gasteiger partial charge in [0.25, 0.3) is 0 Å². The minimum atomic E-state index is -0.229. The number of halogens is 2. The summed E-state index contributed by atoms with van der Waals surface area (Å²) >= 11 is 0. The molecule has 1 unspecified atom stereocenters. The molecule has 0 spiro atoms. The van der Waals surface area contributed by atoms with Gasteiger partial charge >= 0.3 is 0 Å². The second kappa shape index (κ2) is 8.32. The molecule has 0 aromatic heterocycles. The molecule has 1 amide bonds. The molecule has 0 saturated carbocycles. The van der Waals surface area contributed by atoms with Crippen LogP contribution in [0.1, 0.15) is 18.1 Å². The quantitative estimate of drug-likeness (QED) is 0.884. The fourth-order valence-corrected chi connectivity index (χ4v) is 2.36. The number of carbonyl (C=O) groups excluding carboxylic acids is 1. The third kappa shape index (κ3) is 5.61. The van der Waals surface area contributed by atoms with Crippen LogP contribution in [0.3, 0.4) is 0 Å². The van der Waals surface area contributed by atoms with E-state index in [2.05, 4.69) is 22.5 Å². The highest BCUT2D eigenvalue weighted by Gasteiger charge is 2.17. The van der Waals surface area contributed by atoms with Crippen LogP contribution in [0.15, 0.2) is 18.2 Å². The van der Waals surface area contributed by atoms with E-state index in [4.69, 9.17) is 0 Å². The number of carbonyl (C=O) groups is 1. The Morgan fingerprint density at radius 3 is 2.95 bits per heavy atom. The van der Waals surface area contributed by atoms with Crippen LogP contribution in [-0.2, 0) is 11.3 Å². The van der Waals surface area contributed by atoms with Gasteiger partial charge in [-0.2, -0.15) is 0 Å². The maximum absolute atomic E-state index is 13.4. The van der Waals surface area contributed by atoms with Gasteiger partial charge in [-0.25, -0.2) is 4.39 Å². The molecular weight excluding hydrogens is 293 g/mol. The maximum Gasteiger partial charge on any atom is 0.234 e. The molecule has 0 bridgehead atoms. The Bertz CT molecular complexity index is 484. The van der Waals surface area contributed by atoms with Crippen LogP contribution >= 0.6 is 12.4 Å². The highest BCUT2D eigenvalue weighted by atomic mass is 35.5. The van der Waals surface area contributed by atoms with Crippen molar-refractivity contribution in [3.05, 3.63) is 35.1 Å². The van der Waals surface area contributed by atoms with E-state index < -0.39 is 0 Å². The minimum absolute atomic E-state index is 0. The molecule has 118 valence electrons. The standard InChI is InChI=1S/C15H22FN3O.ClH/c1-11-3-4-13(7-14(11)16)8-18-15(20)10-19-6-5-17-12(2)9-19;/h3-4,7,12,17H,5-6,8-10H2,1-2H3,(H,18,20);1H. The van der Waals surface area contributed by atoms with Crippen molar-refractivity contribution < 1.29 is 9.18 Å². The zero-order valence-electron chi connectivity index (χ0n) is 12.5. The third-order valence-corrected chi connectivity index (χ3v) is 3.55. The number of rotatable bonds is 4. The number of piperazine rings is 1. The van der Waals surface area contributed by atoms with Crippen LogP contribution in [0.4, 0.5) is 4.39 Å². The lowest BCUT2D eigenvalue weighted by molar-refractivity contribution is -0.122. The van der Waals surface area contributed by atoms with Crippen molar-refractivity contribution in [2.24, 2.45) is 0 Å². The van der Waals surface area contributed by atoms with Gasteiger partial charge < -0.3 is 10.6 Å². The van der Waals surface area contributed by atoms with E-state index in [1.54, 1.807) is 13.0 Å². The van der Waals surface area contributed by atoms with E-state index in [1.807, 2.05) is 6.07 Å². The SMILES string of the molecule is Cc1ccc(CNC(=O)CN2CCNC(C)C2)cc1F.Cl. The Morgan fingerprint density at radius 1 is 1.52 bits per heavy atom. The van der Waals surface area contributed by atoms with E-state index >= 15 is 0 Å². The van der Waals surface area contributed by atoms with Crippen molar-refractivity contribution in [1.82, 2.24) is 15.5 Å². The molecular formula is C15H23ClFN3O. The number of hydrogen-bond donors (Lipinski definition) is 2. The summed E-state index contributed by atoms with van der Waals surface area (Å²) in [4.78, 5) is 14.0. The van der Waals surface area contributed by atoms with Crippen LogP contribution in [-0.4, -0.2) is 43.0 Å². The molecule has 1 heterocycles. The Labute approximate surface area is 131 Å². The molecule has 1 aromatic carbocycles. The molecule has 2 N–H and O–H groups in total. The summed E-state index contributed by atoms with van der Waals surface area (Å²) in [5, 5.41) is 6.18. The van der Waals surface area contributed by atoms with E-state index in [-0.39, 0.29) is 24.1 Å². The van der Waals surface area contributed by atoms with E-state index in [0.29, 0.717) is 24.7 Å². The van der Waals surface area contributed by atoms with E-state index in [1.165, 1.54) is 6.07 Å². The van der Waals surface area contributed by atoms with E-state index in [0.717, 1.165) is 25.2 Å². The summed E-state index contributed by atoms with van der Waals surface area (Å²) in [6.07, 6.45) is 0. The molecule has 2 rings (SSSR count). The highest BCUT2D eigenvalue weighted by Crippen LogP contribution is 2.08.